The Bertz CT molecular complexity index is 1140. The summed E-state index contributed by atoms with van der Waals surface area (Å²) in [5.74, 6) is 2.55. The van der Waals surface area contributed by atoms with Crippen molar-refractivity contribution in [1.82, 2.24) is 4.90 Å². The lowest BCUT2D eigenvalue weighted by Gasteiger charge is -2.32. The van der Waals surface area contributed by atoms with Crippen molar-refractivity contribution in [3.63, 3.8) is 0 Å². The van der Waals surface area contributed by atoms with E-state index in [1.165, 1.54) is 7.11 Å². The summed E-state index contributed by atoms with van der Waals surface area (Å²) in [7, 11) is 1.52. The number of carbonyl (C=O) groups excluding carboxylic acids is 1. The monoisotopic (exact) mass is 433 g/mol. The fraction of sp³-hybridized carbons (Fsp3) is 0.375. The van der Waals surface area contributed by atoms with E-state index in [1.54, 1.807) is 18.2 Å². The van der Waals surface area contributed by atoms with Crippen molar-refractivity contribution < 1.29 is 19.2 Å². The van der Waals surface area contributed by atoms with Gasteiger partial charge in [0, 0.05) is 28.8 Å². The summed E-state index contributed by atoms with van der Waals surface area (Å²) < 4.78 is 11.0. The number of terminal acetylenes is 1. The molecule has 0 bridgehead atoms. The highest BCUT2D eigenvalue weighted by molar-refractivity contribution is 6.07. The third-order valence-corrected chi connectivity index (χ3v) is 6.98. The number of anilines is 1. The van der Waals surface area contributed by atoms with E-state index in [4.69, 9.17) is 15.9 Å². The number of para-hydroxylation sites is 1. The average Bonchev–Trinajstić information content (AvgIpc) is 3.45. The number of nitrogens with zero attached hydrogens (tertiary/aromatic N) is 2. The van der Waals surface area contributed by atoms with Crippen molar-refractivity contribution in [2.24, 2.45) is 0 Å². The summed E-state index contributed by atoms with van der Waals surface area (Å²) in [5.41, 5.74) is 0.744. The van der Waals surface area contributed by atoms with Gasteiger partial charge in [-0.2, -0.15) is 0 Å². The number of carbonyl (C=O) groups is 1. The van der Waals surface area contributed by atoms with Gasteiger partial charge in [0.15, 0.2) is 17.0 Å². The second-order valence-corrected chi connectivity index (χ2v) is 8.33. The van der Waals surface area contributed by atoms with E-state index in [0.717, 1.165) is 18.4 Å². The molecule has 2 fully saturated rings. The highest BCUT2D eigenvalue weighted by atomic mass is 16.6. The van der Waals surface area contributed by atoms with Crippen LogP contribution in [0.1, 0.15) is 29.9 Å². The molecule has 0 aliphatic carbocycles. The molecule has 1 amide bonds. The second kappa shape index (κ2) is 7.53. The SMILES string of the molecule is C#CCOc1ccc([C@@H]2[C@@H]3CCCN3[C@]3(C(=O)Nc4ccccc43)[C@@H]2[N+](=O)[O-])cc1OC. The van der Waals surface area contributed by atoms with Gasteiger partial charge in [0.2, 0.25) is 0 Å². The Labute approximate surface area is 185 Å². The zero-order chi connectivity index (χ0) is 22.5. The zero-order valence-corrected chi connectivity index (χ0v) is 17.6. The lowest BCUT2D eigenvalue weighted by molar-refractivity contribution is -0.534. The number of hydrogen-bond acceptors (Lipinski definition) is 6. The van der Waals surface area contributed by atoms with Gasteiger partial charge in [0.1, 0.15) is 6.61 Å². The number of methoxy groups -OCH3 is 1. The molecule has 4 atom stereocenters. The molecule has 3 heterocycles. The summed E-state index contributed by atoms with van der Waals surface area (Å²) in [4.78, 5) is 27.9. The number of amides is 1. The third kappa shape index (κ3) is 2.64. The molecule has 0 aromatic heterocycles. The normalized spacial score (nSPS) is 28.1. The van der Waals surface area contributed by atoms with Crippen molar-refractivity contribution in [3.8, 4) is 23.8 Å². The van der Waals surface area contributed by atoms with Gasteiger partial charge in [-0.15, -0.1) is 6.42 Å². The van der Waals surface area contributed by atoms with Crippen LogP contribution in [0.2, 0.25) is 0 Å². The van der Waals surface area contributed by atoms with E-state index in [2.05, 4.69) is 16.1 Å². The third-order valence-electron chi connectivity index (χ3n) is 6.98. The molecule has 5 rings (SSSR count). The molecule has 8 heteroatoms. The maximum Gasteiger partial charge on any atom is 0.256 e. The number of fused-ring (bicyclic) bond motifs is 4. The van der Waals surface area contributed by atoms with Crippen molar-refractivity contribution in [3.05, 3.63) is 63.7 Å². The number of nitrogens with one attached hydrogen (secondary N) is 1. The minimum absolute atomic E-state index is 0.0904. The predicted octanol–water partition coefficient (Wildman–Crippen LogP) is 2.76. The first-order valence-electron chi connectivity index (χ1n) is 10.6. The van der Waals surface area contributed by atoms with E-state index in [0.29, 0.717) is 29.3 Å². The van der Waals surface area contributed by atoms with Gasteiger partial charge in [-0.3, -0.25) is 19.8 Å². The number of benzene rings is 2. The molecule has 164 valence electrons. The van der Waals surface area contributed by atoms with Crippen molar-refractivity contribution in [2.75, 3.05) is 25.6 Å². The van der Waals surface area contributed by atoms with E-state index >= 15 is 0 Å². The molecule has 0 saturated carbocycles. The Hall–Kier alpha value is -3.57. The molecule has 2 aromatic carbocycles. The summed E-state index contributed by atoms with van der Waals surface area (Å²) in [6.07, 6.45) is 6.95. The van der Waals surface area contributed by atoms with Crippen LogP contribution in [0, 0.1) is 22.5 Å². The molecular weight excluding hydrogens is 410 g/mol. The lowest BCUT2D eigenvalue weighted by atomic mass is 9.77. The van der Waals surface area contributed by atoms with E-state index in [9.17, 15) is 14.9 Å². The molecule has 0 unspecified atom stereocenters. The minimum atomic E-state index is -1.34. The van der Waals surface area contributed by atoms with Crippen molar-refractivity contribution >= 4 is 11.6 Å². The van der Waals surface area contributed by atoms with Gasteiger partial charge in [-0.05, 0) is 36.6 Å². The van der Waals surface area contributed by atoms with Gasteiger partial charge in [0.25, 0.3) is 11.9 Å². The van der Waals surface area contributed by atoms with Crippen LogP contribution in [0.15, 0.2) is 42.5 Å². The van der Waals surface area contributed by atoms with E-state index in [-0.39, 0.29) is 23.5 Å². The van der Waals surface area contributed by atoms with Crippen LogP contribution < -0.4 is 14.8 Å². The predicted molar refractivity (Wildman–Crippen MR) is 117 cm³/mol. The Kier molecular flexibility index (Phi) is 4.79. The molecule has 2 aromatic rings. The van der Waals surface area contributed by atoms with Gasteiger partial charge >= 0.3 is 0 Å². The average molecular weight is 433 g/mol. The van der Waals surface area contributed by atoms with Crippen LogP contribution in [-0.2, 0) is 10.3 Å². The van der Waals surface area contributed by atoms with Crippen molar-refractivity contribution in [2.45, 2.75) is 36.4 Å². The smallest absolute Gasteiger partial charge is 0.256 e. The fourth-order valence-electron chi connectivity index (χ4n) is 5.91. The fourth-order valence-corrected chi connectivity index (χ4v) is 5.91. The molecule has 3 aliphatic heterocycles. The second-order valence-electron chi connectivity index (χ2n) is 8.33. The lowest BCUT2D eigenvalue weighted by Crippen LogP contribution is -2.55. The molecule has 8 nitrogen and oxygen atoms in total. The number of ether oxygens (including phenoxy) is 2. The highest BCUT2D eigenvalue weighted by Crippen LogP contribution is 2.58. The first kappa shape index (κ1) is 20.3. The summed E-state index contributed by atoms with van der Waals surface area (Å²) in [6, 6.07) is 11.4. The van der Waals surface area contributed by atoms with Crippen LogP contribution in [0.5, 0.6) is 11.5 Å². The van der Waals surface area contributed by atoms with Crippen LogP contribution in [0.25, 0.3) is 0 Å². The quantitative estimate of drug-likeness (QED) is 0.443. The topological polar surface area (TPSA) is 93.9 Å². The number of rotatable bonds is 5. The zero-order valence-electron chi connectivity index (χ0n) is 17.6. The largest absolute Gasteiger partial charge is 0.493 e. The molecule has 3 aliphatic rings. The van der Waals surface area contributed by atoms with Crippen molar-refractivity contribution in [1.29, 1.82) is 0 Å². The Morgan fingerprint density at radius 2 is 2.12 bits per heavy atom. The van der Waals surface area contributed by atoms with Crippen LogP contribution in [0.4, 0.5) is 5.69 Å². The number of hydrogen-bond donors (Lipinski definition) is 1. The first-order valence-corrected chi connectivity index (χ1v) is 10.6. The molecule has 2 saturated heterocycles. The van der Waals surface area contributed by atoms with Gasteiger partial charge in [-0.1, -0.05) is 30.2 Å². The van der Waals surface area contributed by atoms with Gasteiger partial charge in [0.05, 0.1) is 13.0 Å². The van der Waals surface area contributed by atoms with Crippen LogP contribution in [-0.4, -0.2) is 48.1 Å². The van der Waals surface area contributed by atoms with Crippen LogP contribution in [0.3, 0.4) is 0 Å². The molecule has 1 N–H and O–H groups in total. The van der Waals surface area contributed by atoms with Gasteiger partial charge in [-0.25, -0.2) is 0 Å². The molecular formula is C24H23N3O5. The minimum Gasteiger partial charge on any atom is -0.493 e. The maximum atomic E-state index is 13.5. The molecule has 1 spiro atoms. The molecule has 32 heavy (non-hydrogen) atoms. The summed E-state index contributed by atoms with van der Waals surface area (Å²) >= 11 is 0. The standard InChI is InChI=1S/C24H23N3O5/c1-3-13-32-19-11-10-15(14-20(19)31-2)21-18-9-6-12-26(18)24(22(21)27(29)30)16-7-4-5-8-17(16)25-23(24)28/h1,4-5,7-8,10-11,14,18,21-22H,6,9,12-13H2,2H3,(H,25,28)/t18-,21+,22+,24-/m0/s1. The van der Waals surface area contributed by atoms with Crippen LogP contribution >= 0.6 is 0 Å². The summed E-state index contributed by atoms with van der Waals surface area (Å²) in [6.45, 7) is 0.723. The Balaban J connectivity index is 1.67. The number of nitro groups is 1. The maximum absolute atomic E-state index is 13.5. The van der Waals surface area contributed by atoms with Gasteiger partial charge < -0.3 is 14.8 Å². The Morgan fingerprint density at radius 1 is 1.31 bits per heavy atom. The molecule has 0 radical (unpaired) electrons. The first-order chi connectivity index (χ1) is 15.5. The highest BCUT2D eigenvalue weighted by Gasteiger charge is 2.73. The van der Waals surface area contributed by atoms with E-state index < -0.39 is 17.5 Å². The Morgan fingerprint density at radius 3 is 2.88 bits per heavy atom. The summed E-state index contributed by atoms with van der Waals surface area (Å²) in [5, 5.41) is 15.5. The van der Waals surface area contributed by atoms with E-state index in [1.807, 2.05) is 24.3 Å².